The third-order valence-corrected chi connectivity index (χ3v) is 1.50. The third-order valence-electron chi connectivity index (χ3n) is 1.50. The number of carbonyl (C=O) groups is 1. The van der Waals surface area contributed by atoms with Crippen LogP contribution in [0.25, 0.3) is 0 Å². The van der Waals surface area contributed by atoms with Crippen LogP contribution in [0.4, 0.5) is 0 Å². The van der Waals surface area contributed by atoms with E-state index in [-0.39, 0.29) is 0 Å². The minimum Gasteiger partial charge on any atom is -0.245 e. The summed E-state index contributed by atoms with van der Waals surface area (Å²) in [6.45, 7) is 0. The molecule has 0 aliphatic rings. The van der Waals surface area contributed by atoms with E-state index in [0.717, 1.165) is 0 Å². The van der Waals surface area contributed by atoms with E-state index in [1.165, 1.54) is 0 Å². The van der Waals surface area contributed by atoms with E-state index in [1.54, 1.807) is 36.4 Å². The monoisotopic (exact) mass is 160 g/mol. The number of rotatable bonds is 2. The molecule has 0 heterocycles. The molecule has 3 nitrogen and oxygen atoms in total. The van der Waals surface area contributed by atoms with E-state index < -0.39 is 11.9 Å². The molecule has 0 aliphatic carbocycles. The van der Waals surface area contributed by atoms with E-state index in [4.69, 9.17) is 5.26 Å². The molecule has 0 saturated carbocycles. The molecule has 0 aromatic heterocycles. The van der Waals surface area contributed by atoms with Gasteiger partial charge in [-0.3, -0.25) is 0 Å². The fraction of sp³-hybridized carbons (Fsp3) is 0.111. The number of carbonyl (C=O) groups excluding carboxylic acids is 1. The topological polar surface area (TPSA) is 60.8 Å². The quantitative estimate of drug-likeness (QED) is 0.653. The molecule has 0 amide bonds. The summed E-state index contributed by atoms with van der Waals surface area (Å²) in [4.78, 5) is 10.4. The van der Waals surface area contributed by atoms with Gasteiger partial charge in [-0.25, -0.2) is 9.90 Å². The molecular formula is C9H6NO2. The Morgan fingerprint density at radius 2 is 1.92 bits per heavy atom. The van der Waals surface area contributed by atoms with Gasteiger partial charge < -0.3 is 0 Å². The minimum atomic E-state index is -1.36. The summed E-state index contributed by atoms with van der Waals surface area (Å²) >= 11 is 0. The summed E-state index contributed by atoms with van der Waals surface area (Å²) in [5.74, 6) is -2.52. The molecule has 1 aromatic rings. The van der Waals surface area contributed by atoms with Gasteiger partial charge in [0.1, 0.15) is 0 Å². The molecule has 0 spiro atoms. The normalized spacial score (nSPS) is 11.6. The van der Waals surface area contributed by atoms with Gasteiger partial charge in [0.2, 0.25) is 0 Å². The first-order chi connectivity index (χ1) is 5.75. The first-order valence-electron chi connectivity index (χ1n) is 3.41. The minimum absolute atomic E-state index is 0.458. The summed E-state index contributed by atoms with van der Waals surface area (Å²) in [6.07, 6.45) is 0. The molecule has 0 saturated heterocycles. The highest BCUT2D eigenvalue weighted by molar-refractivity contribution is 5.78. The number of hydrogen-bond donors (Lipinski definition) is 0. The Morgan fingerprint density at radius 1 is 1.33 bits per heavy atom. The number of nitriles is 1. The maximum absolute atomic E-state index is 10.4. The van der Waals surface area contributed by atoms with Gasteiger partial charge in [0, 0.05) is 0 Å². The SMILES string of the molecule is N#CC(C([O])=O)c1ccccc1. The molecule has 1 unspecified atom stereocenters. The van der Waals surface area contributed by atoms with Gasteiger partial charge >= 0.3 is 5.97 Å². The van der Waals surface area contributed by atoms with Gasteiger partial charge in [-0.1, -0.05) is 30.3 Å². The molecule has 1 aromatic carbocycles. The molecule has 1 radical (unpaired) electrons. The van der Waals surface area contributed by atoms with Gasteiger partial charge in [0.05, 0.1) is 6.07 Å². The average molecular weight is 160 g/mol. The molecule has 0 N–H and O–H groups in total. The van der Waals surface area contributed by atoms with Crippen molar-refractivity contribution in [2.75, 3.05) is 0 Å². The van der Waals surface area contributed by atoms with Crippen molar-refractivity contribution in [2.45, 2.75) is 5.92 Å². The van der Waals surface area contributed by atoms with E-state index in [2.05, 4.69) is 0 Å². The maximum atomic E-state index is 10.4. The van der Waals surface area contributed by atoms with Gasteiger partial charge in [-0.15, -0.1) is 0 Å². The molecule has 1 atom stereocenters. The summed E-state index contributed by atoms with van der Waals surface area (Å²) < 4.78 is 0. The second-order valence-electron chi connectivity index (χ2n) is 2.29. The predicted molar refractivity (Wildman–Crippen MR) is 40.5 cm³/mol. The number of nitrogens with zero attached hydrogens (tertiary/aromatic N) is 1. The van der Waals surface area contributed by atoms with Crippen molar-refractivity contribution in [3.8, 4) is 6.07 Å². The third kappa shape index (κ3) is 1.61. The van der Waals surface area contributed by atoms with Gasteiger partial charge in [0.15, 0.2) is 5.92 Å². The van der Waals surface area contributed by atoms with Crippen LogP contribution in [0.1, 0.15) is 11.5 Å². The van der Waals surface area contributed by atoms with Crippen LogP contribution in [0, 0.1) is 11.3 Å². The summed E-state index contributed by atoms with van der Waals surface area (Å²) in [6, 6.07) is 9.95. The van der Waals surface area contributed by atoms with Crippen molar-refractivity contribution in [1.82, 2.24) is 0 Å². The zero-order valence-electron chi connectivity index (χ0n) is 6.23. The van der Waals surface area contributed by atoms with Crippen molar-refractivity contribution in [3.63, 3.8) is 0 Å². The second kappa shape index (κ2) is 3.54. The van der Waals surface area contributed by atoms with Crippen molar-refractivity contribution in [3.05, 3.63) is 35.9 Å². The average Bonchev–Trinajstić information content (AvgIpc) is 2.07. The lowest BCUT2D eigenvalue weighted by Crippen LogP contribution is -2.07. The molecule has 0 fully saturated rings. The Hall–Kier alpha value is -1.82. The molecule has 59 valence electrons. The predicted octanol–water partition coefficient (Wildman–Crippen LogP) is 1.25. The first-order valence-corrected chi connectivity index (χ1v) is 3.41. The maximum Gasteiger partial charge on any atom is 0.377 e. The molecule has 0 aliphatic heterocycles. The van der Waals surface area contributed by atoms with Crippen LogP contribution in [0.15, 0.2) is 30.3 Å². The van der Waals surface area contributed by atoms with Crippen LogP contribution in [0.3, 0.4) is 0 Å². The lowest BCUT2D eigenvalue weighted by Gasteiger charge is -1.99. The van der Waals surface area contributed by atoms with Crippen LogP contribution < -0.4 is 0 Å². The van der Waals surface area contributed by atoms with Crippen LogP contribution in [0.2, 0.25) is 0 Å². The number of hydrogen-bond acceptors (Lipinski definition) is 2. The van der Waals surface area contributed by atoms with Crippen molar-refractivity contribution < 1.29 is 9.90 Å². The van der Waals surface area contributed by atoms with Crippen LogP contribution >= 0.6 is 0 Å². The Bertz CT molecular complexity index is 313. The largest absolute Gasteiger partial charge is 0.377 e. The van der Waals surface area contributed by atoms with Gasteiger partial charge in [0.25, 0.3) is 0 Å². The lowest BCUT2D eigenvalue weighted by atomic mass is 10.0. The summed E-state index contributed by atoms with van der Waals surface area (Å²) in [5.41, 5.74) is 0.458. The van der Waals surface area contributed by atoms with E-state index >= 15 is 0 Å². The zero-order chi connectivity index (χ0) is 8.97. The second-order valence-corrected chi connectivity index (χ2v) is 2.29. The molecule has 0 bridgehead atoms. The fourth-order valence-electron chi connectivity index (χ4n) is 0.909. The highest BCUT2D eigenvalue weighted by atomic mass is 16.4. The number of benzene rings is 1. The van der Waals surface area contributed by atoms with E-state index in [1.807, 2.05) is 0 Å². The Morgan fingerprint density at radius 3 is 2.33 bits per heavy atom. The molecule has 12 heavy (non-hydrogen) atoms. The highest BCUT2D eigenvalue weighted by Gasteiger charge is 2.19. The smallest absolute Gasteiger partial charge is 0.245 e. The van der Waals surface area contributed by atoms with Crippen LogP contribution in [-0.4, -0.2) is 5.97 Å². The van der Waals surface area contributed by atoms with Gasteiger partial charge in [-0.05, 0) is 5.56 Å². The van der Waals surface area contributed by atoms with Crippen molar-refractivity contribution in [1.29, 1.82) is 5.26 Å². The van der Waals surface area contributed by atoms with Crippen LogP contribution in [0.5, 0.6) is 0 Å². The van der Waals surface area contributed by atoms with Crippen molar-refractivity contribution >= 4 is 5.97 Å². The fourth-order valence-corrected chi connectivity index (χ4v) is 0.909. The summed E-state index contributed by atoms with van der Waals surface area (Å²) in [5, 5.41) is 18.9. The van der Waals surface area contributed by atoms with Crippen molar-refractivity contribution in [2.24, 2.45) is 0 Å². The Labute approximate surface area is 69.9 Å². The molecule has 3 heteroatoms. The van der Waals surface area contributed by atoms with Gasteiger partial charge in [-0.2, -0.15) is 5.26 Å². The Kier molecular flexibility index (Phi) is 2.44. The van der Waals surface area contributed by atoms with E-state index in [9.17, 15) is 9.90 Å². The summed E-state index contributed by atoms with van der Waals surface area (Å²) in [7, 11) is 0. The highest BCUT2D eigenvalue weighted by Crippen LogP contribution is 2.13. The van der Waals surface area contributed by atoms with E-state index in [0.29, 0.717) is 5.56 Å². The molecular weight excluding hydrogens is 154 g/mol. The standard InChI is InChI=1S/C9H6NO2/c10-6-8(9(11)12)7-4-2-1-3-5-7/h1-5,8H. The first kappa shape index (κ1) is 8.28. The Balaban J connectivity index is 2.98. The zero-order valence-corrected chi connectivity index (χ0v) is 6.23. The lowest BCUT2D eigenvalue weighted by molar-refractivity contribution is -0.143. The molecule has 1 rings (SSSR count). The van der Waals surface area contributed by atoms with Crippen LogP contribution in [-0.2, 0) is 9.90 Å².